The van der Waals surface area contributed by atoms with Crippen molar-refractivity contribution in [3.63, 3.8) is 0 Å². The van der Waals surface area contributed by atoms with Gasteiger partial charge in [-0.25, -0.2) is 4.79 Å². The van der Waals surface area contributed by atoms with Crippen molar-refractivity contribution < 1.29 is 23.9 Å². The molecule has 94 valence electrons. The van der Waals surface area contributed by atoms with Gasteiger partial charge in [-0.3, -0.25) is 9.59 Å². The molecule has 0 aliphatic carbocycles. The molecule has 1 atom stereocenters. The number of rotatable bonds is 6. The molecule has 6 nitrogen and oxygen atoms in total. The van der Waals surface area contributed by atoms with E-state index in [2.05, 4.69) is 20.7 Å². The molecule has 0 spiro atoms. The number of hydrogen-bond donors (Lipinski definition) is 1. The van der Waals surface area contributed by atoms with Crippen LogP contribution in [0.15, 0.2) is 0 Å². The topological polar surface area (TPSA) is 81.7 Å². The Morgan fingerprint density at radius 1 is 1.24 bits per heavy atom. The average Bonchev–Trinajstić information content (AvgIpc) is 2.34. The largest absolute Gasteiger partial charge is 0.469 e. The lowest BCUT2D eigenvalue weighted by Crippen LogP contribution is -2.41. The second-order valence-corrected chi connectivity index (χ2v) is 3.13. The number of nitrogens with one attached hydrogen (secondary N) is 1. The van der Waals surface area contributed by atoms with Gasteiger partial charge >= 0.3 is 11.9 Å². The van der Waals surface area contributed by atoms with Gasteiger partial charge in [-0.15, -0.1) is 12.3 Å². The van der Waals surface area contributed by atoms with Gasteiger partial charge in [0.25, 0.3) is 0 Å². The summed E-state index contributed by atoms with van der Waals surface area (Å²) in [5.74, 6) is 0.690. The van der Waals surface area contributed by atoms with Crippen molar-refractivity contribution in [1.82, 2.24) is 5.32 Å². The van der Waals surface area contributed by atoms with Gasteiger partial charge < -0.3 is 14.8 Å². The Hall–Kier alpha value is -2.03. The Labute approximate surface area is 99.6 Å². The Morgan fingerprint density at radius 3 is 2.35 bits per heavy atom. The molecule has 0 aromatic rings. The summed E-state index contributed by atoms with van der Waals surface area (Å²) >= 11 is 0. The molecule has 1 N–H and O–H groups in total. The summed E-state index contributed by atoms with van der Waals surface area (Å²) in [5, 5.41) is 2.38. The van der Waals surface area contributed by atoms with Crippen LogP contribution < -0.4 is 5.32 Å². The number of terminal acetylenes is 1. The van der Waals surface area contributed by atoms with Crippen LogP contribution in [0.5, 0.6) is 0 Å². The molecule has 1 amide bonds. The number of esters is 2. The van der Waals surface area contributed by atoms with Crippen LogP contribution in [-0.4, -0.2) is 38.1 Å². The summed E-state index contributed by atoms with van der Waals surface area (Å²) in [4.78, 5) is 33.4. The maximum Gasteiger partial charge on any atom is 0.329 e. The lowest BCUT2D eigenvalue weighted by atomic mass is 10.2. The summed E-state index contributed by atoms with van der Waals surface area (Å²) in [6.45, 7) is 0. The van der Waals surface area contributed by atoms with Gasteiger partial charge in [0.15, 0.2) is 0 Å². The Kier molecular flexibility index (Phi) is 7.19. The molecule has 0 radical (unpaired) electrons. The van der Waals surface area contributed by atoms with Crippen molar-refractivity contribution in [2.45, 2.75) is 25.3 Å². The van der Waals surface area contributed by atoms with E-state index in [1.165, 1.54) is 14.2 Å². The molecule has 0 rings (SSSR count). The molecule has 17 heavy (non-hydrogen) atoms. The molecule has 0 fully saturated rings. The van der Waals surface area contributed by atoms with Crippen LogP contribution >= 0.6 is 0 Å². The zero-order chi connectivity index (χ0) is 13.3. The van der Waals surface area contributed by atoms with Crippen LogP contribution in [0, 0.1) is 12.3 Å². The molecule has 0 bridgehead atoms. The highest BCUT2D eigenvalue weighted by Gasteiger charge is 2.20. The van der Waals surface area contributed by atoms with E-state index >= 15 is 0 Å². The van der Waals surface area contributed by atoms with Gasteiger partial charge in [-0.1, -0.05) is 0 Å². The van der Waals surface area contributed by atoms with Gasteiger partial charge in [0.1, 0.15) is 6.04 Å². The third-order valence-electron chi connectivity index (χ3n) is 1.93. The first-order valence-corrected chi connectivity index (χ1v) is 4.92. The van der Waals surface area contributed by atoms with E-state index in [4.69, 9.17) is 6.42 Å². The van der Waals surface area contributed by atoms with Crippen molar-refractivity contribution in [2.24, 2.45) is 0 Å². The summed E-state index contributed by atoms with van der Waals surface area (Å²) in [6.07, 6.45) is 4.98. The van der Waals surface area contributed by atoms with Crippen LogP contribution in [-0.2, 0) is 23.9 Å². The first kappa shape index (κ1) is 15.0. The maximum absolute atomic E-state index is 11.4. The number of ether oxygens (including phenoxy) is 2. The normalized spacial score (nSPS) is 10.9. The van der Waals surface area contributed by atoms with Gasteiger partial charge in [0.05, 0.1) is 20.6 Å². The molecule has 0 aromatic heterocycles. The summed E-state index contributed by atoms with van der Waals surface area (Å²) in [6, 6.07) is -0.879. The zero-order valence-electron chi connectivity index (χ0n) is 9.82. The number of amides is 1. The molecule has 0 aliphatic rings. The molecule has 0 saturated heterocycles. The van der Waals surface area contributed by atoms with Gasteiger partial charge in [0.2, 0.25) is 5.91 Å². The lowest BCUT2D eigenvalue weighted by Gasteiger charge is -2.13. The van der Waals surface area contributed by atoms with Crippen molar-refractivity contribution >= 4 is 17.8 Å². The van der Waals surface area contributed by atoms with Crippen LogP contribution in [0.25, 0.3) is 0 Å². The highest BCUT2D eigenvalue weighted by atomic mass is 16.5. The Balaban J connectivity index is 4.18. The third-order valence-corrected chi connectivity index (χ3v) is 1.93. The molecule has 0 saturated carbocycles. The smallest absolute Gasteiger partial charge is 0.329 e. The standard InChI is InChI=1S/C11H15NO5/c1-4-5-8(11(15)17-3)12-9(13)6-7-10(14)16-2/h1,8H,5-7H2,2-3H3,(H,12,13)/t8-/m1/s1. The summed E-state index contributed by atoms with van der Waals surface area (Å²) in [7, 11) is 2.43. The van der Waals surface area contributed by atoms with Crippen molar-refractivity contribution in [1.29, 1.82) is 0 Å². The lowest BCUT2D eigenvalue weighted by molar-refractivity contribution is -0.145. The number of methoxy groups -OCH3 is 2. The van der Waals surface area contributed by atoms with E-state index in [1.807, 2.05) is 0 Å². The average molecular weight is 241 g/mol. The Bertz CT molecular complexity index is 331. The molecule has 0 heterocycles. The van der Waals surface area contributed by atoms with Crippen LogP contribution in [0.1, 0.15) is 19.3 Å². The van der Waals surface area contributed by atoms with E-state index in [1.54, 1.807) is 0 Å². The van der Waals surface area contributed by atoms with Crippen molar-refractivity contribution in [2.75, 3.05) is 14.2 Å². The highest BCUT2D eigenvalue weighted by molar-refractivity contribution is 5.86. The fourth-order valence-corrected chi connectivity index (χ4v) is 1.04. The highest BCUT2D eigenvalue weighted by Crippen LogP contribution is 1.97. The SMILES string of the molecule is C#CC[C@@H](NC(=O)CCC(=O)OC)C(=O)OC. The van der Waals surface area contributed by atoms with E-state index in [9.17, 15) is 14.4 Å². The van der Waals surface area contributed by atoms with E-state index < -0.39 is 23.9 Å². The van der Waals surface area contributed by atoms with Gasteiger partial charge in [-0.05, 0) is 0 Å². The summed E-state index contributed by atoms with van der Waals surface area (Å²) in [5.41, 5.74) is 0. The van der Waals surface area contributed by atoms with Gasteiger partial charge in [0, 0.05) is 12.8 Å². The maximum atomic E-state index is 11.4. The van der Waals surface area contributed by atoms with E-state index in [0.717, 1.165) is 0 Å². The quantitative estimate of drug-likeness (QED) is 0.506. The van der Waals surface area contributed by atoms with Crippen LogP contribution in [0.4, 0.5) is 0 Å². The predicted octanol–water partition coefficient (Wildman–Crippen LogP) is -0.379. The molecule has 6 heteroatoms. The first-order valence-electron chi connectivity index (χ1n) is 4.92. The molecule has 0 unspecified atom stereocenters. The third kappa shape index (κ3) is 6.20. The van der Waals surface area contributed by atoms with Crippen molar-refractivity contribution in [3.8, 4) is 12.3 Å². The minimum Gasteiger partial charge on any atom is -0.469 e. The van der Waals surface area contributed by atoms with E-state index in [0.29, 0.717) is 0 Å². The zero-order valence-corrected chi connectivity index (χ0v) is 9.82. The number of hydrogen-bond acceptors (Lipinski definition) is 5. The van der Waals surface area contributed by atoms with Gasteiger partial charge in [-0.2, -0.15) is 0 Å². The molecule has 0 aromatic carbocycles. The summed E-state index contributed by atoms with van der Waals surface area (Å²) < 4.78 is 8.85. The molecule has 0 aliphatic heterocycles. The van der Waals surface area contributed by atoms with Crippen LogP contribution in [0.2, 0.25) is 0 Å². The fraction of sp³-hybridized carbons (Fsp3) is 0.545. The minimum absolute atomic E-state index is 0.0383. The number of carbonyl (C=O) groups excluding carboxylic acids is 3. The van der Waals surface area contributed by atoms with Crippen LogP contribution in [0.3, 0.4) is 0 Å². The minimum atomic E-state index is -0.879. The molecular formula is C11H15NO5. The molecular weight excluding hydrogens is 226 g/mol. The first-order chi connectivity index (χ1) is 8.04. The van der Waals surface area contributed by atoms with E-state index in [-0.39, 0.29) is 19.3 Å². The second-order valence-electron chi connectivity index (χ2n) is 3.13. The predicted molar refractivity (Wildman–Crippen MR) is 58.6 cm³/mol. The monoisotopic (exact) mass is 241 g/mol. The second kappa shape index (κ2) is 8.16. The fourth-order valence-electron chi connectivity index (χ4n) is 1.04. The van der Waals surface area contributed by atoms with Crippen molar-refractivity contribution in [3.05, 3.63) is 0 Å². The number of carbonyl (C=O) groups is 3. The Morgan fingerprint density at radius 2 is 1.88 bits per heavy atom.